The molecule has 1 fully saturated rings. The number of oxazole rings is 1. The third kappa shape index (κ3) is 3.12. The Balaban J connectivity index is 1.59. The van der Waals surface area contributed by atoms with Crippen LogP contribution >= 0.6 is 23.1 Å². The number of aliphatic imine (C=N–C) groups is 1. The van der Waals surface area contributed by atoms with Gasteiger partial charge in [0.2, 0.25) is 0 Å². The molecule has 3 N–H and O–H groups in total. The molecule has 1 saturated heterocycles. The lowest BCUT2D eigenvalue weighted by molar-refractivity contribution is -0.0466. The van der Waals surface area contributed by atoms with E-state index in [0.717, 1.165) is 17.2 Å². The number of thiazole rings is 1. The third-order valence-electron chi connectivity index (χ3n) is 4.59. The maximum absolute atomic E-state index is 12.2. The fourth-order valence-corrected chi connectivity index (χ4v) is 5.23. The number of nitrogens with two attached hydrogens (primary N) is 1. The number of amidine groups is 1. The molecule has 2 aliphatic heterocycles. The summed E-state index contributed by atoms with van der Waals surface area (Å²) < 4.78 is 11.0. The number of carbonyl (C=O) groups excluding carboxylic acids is 1. The fraction of sp³-hybridized carbons (Fsp3) is 0.500. The number of fused-ring (bicyclic) bond motifs is 1. The highest BCUT2D eigenvalue weighted by atomic mass is 32.2. The Kier molecular flexibility index (Phi) is 4.49. The van der Waals surface area contributed by atoms with Crippen LogP contribution < -0.4 is 11.1 Å². The van der Waals surface area contributed by atoms with Gasteiger partial charge in [0.25, 0.3) is 5.91 Å². The van der Waals surface area contributed by atoms with Crippen LogP contribution in [-0.2, 0) is 10.3 Å². The van der Waals surface area contributed by atoms with E-state index in [1.54, 1.807) is 24.1 Å². The molecule has 4 rings (SSSR count). The Bertz CT molecular complexity index is 864. The van der Waals surface area contributed by atoms with Crippen molar-refractivity contribution in [1.29, 1.82) is 0 Å². The Hall–Kier alpha value is -1.91. The minimum absolute atomic E-state index is 0.192. The van der Waals surface area contributed by atoms with Crippen molar-refractivity contribution < 1.29 is 13.9 Å². The van der Waals surface area contributed by atoms with E-state index in [0.29, 0.717) is 29.4 Å². The van der Waals surface area contributed by atoms with Gasteiger partial charge in [0.1, 0.15) is 22.6 Å². The molecule has 2 aromatic rings. The molecule has 2 aromatic heterocycles. The van der Waals surface area contributed by atoms with Crippen LogP contribution in [0.1, 0.15) is 34.7 Å². The second-order valence-electron chi connectivity index (χ2n) is 6.48. The standard InChI is InChI=1S/C16H19N5O3S2/c1-8-3-10-5-26-15(17)21-16(10,7-24-8)14-20-12(6-25-14)19-13(22)11-4-23-9(2)18-11/h4,6,8,10H,3,5,7H2,1-2H3,(H2,17,21)(H,19,22). The van der Waals surface area contributed by atoms with Gasteiger partial charge in [-0.3, -0.25) is 4.79 Å². The summed E-state index contributed by atoms with van der Waals surface area (Å²) in [5.41, 5.74) is 5.66. The molecule has 3 unspecified atom stereocenters. The van der Waals surface area contributed by atoms with Gasteiger partial charge < -0.3 is 20.2 Å². The number of ether oxygens (including phenoxy) is 1. The van der Waals surface area contributed by atoms with Crippen molar-refractivity contribution in [2.75, 3.05) is 17.7 Å². The highest BCUT2D eigenvalue weighted by Gasteiger charge is 2.49. The summed E-state index contributed by atoms with van der Waals surface area (Å²) in [5, 5.41) is 5.92. The van der Waals surface area contributed by atoms with E-state index in [-0.39, 0.29) is 17.7 Å². The van der Waals surface area contributed by atoms with Crippen LogP contribution in [0.25, 0.3) is 0 Å². The topological polar surface area (TPSA) is 116 Å². The summed E-state index contributed by atoms with van der Waals surface area (Å²) in [6, 6.07) is 0. The van der Waals surface area contributed by atoms with Gasteiger partial charge in [-0.1, -0.05) is 11.8 Å². The van der Waals surface area contributed by atoms with Crippen LogP contribution in [0, 0.1) is 12.8 Å². The number of carbonyl (C=O) groups is 1. The number of anilines is 1. The van der Waals surface area contributed by atoms with E-state index < -0.39 is 5.54 Å². The van der Waals surface area contributed by atoms with E-state index in [4.69, 9.17) is 19.9 Å². The molecule has 3 atom stereocenters. The van der Waals surface area contributed by atoms with Crippen molar-refractivity contribution in [2.45, 2.75) is 31.9 Å². The predicted molar refractivity (Wildman–Crippen MR) is 101 cm³/mol. The molecule has 26 heavy (non-hydrogen) atoms. The maximum Gasteiger partial charge on any atom is 0.278 e. The van der Waals surface area contributed by atoms with Crippen molar-refractivity contribution in [3.8, 4) is 0 Å². The zero-order valence-corrected chi connectivity index (χ0v) is 16.0. The number of aryl methyl sites for hydroxylation is 1. The third-order valence-corrected chi connectivity index (χ3v) is 6.55. The maximum atomic E-state index is 12.2. The molecule has 0 spiro atoms. The monoisotopic (exact) mass is 393 g/mol. The second-order valence-corrected chi connectivity index (χ2v) is 8.38. The minimum atomic E-state index is -0.569. The van der Waals surface area contributed by atoms with Crippen LogP contribution in [0.15, 0.2) is 21.1 Å². The van der Waals surface area contributed by atoms with Crippen molar-refractivity contribution in [2.24, 2.45) is 16.6 Å². The largest absolute Gasteiger partial charge is 0.448 e. The predicted octanol–water partition coefficient (Wildman–Crippen LogP) is 2.37. The number of aromatic nitrogens is 2. The molecule has 2 aliphatic rings. The normalized spacial score (nSPS) is 28.3. The first kappa shape index (κ1) is 17.5. The molecule has 0 aliphatic carbocycles. The molecule has 0 aromatic carbocycles. The van der Waals surface area contributed by atoms with Gasteiger partial charge in [0, 0.05) is 24.0 Å². The van der Waals surface area contributed by atoms with E-state index in [2.05, 4.69) is 22.2 Å². The van der Waals surface area contributed by atoms with Gasteiger partial charge in [-0.05, 0) is 13.3 Å². The lowest BCUT2D eigenvalue weighted by Crippen LogP contribution is -2.49. The highest BCUT2D eigenvalue weighted by molar-refractivity contribution is 8.13. The van der Waals surface area contributed by atoms with Gasteiger partial charge in [-0.2, -0.15) is 0 Å². The molecule has 0 saturated carbocycles. The number of amides is 1. The van der Waals surface area contributed by atoms with Crippen LogP contribution in [-0.4, -0.2) is 39.5 Å². The summed E-state index contributed by atoms with van der Waals surface area (Å²) in [6.45, 7) is 4.21. The van der Waals surface area contributed by atoms with E-state index in [9.17, 15) is 4.79 Å². The second kappa shape index (κ2) is 6.67. The van der Waals surface area contributed by atoms with E-state index >= 15 is 0 Å². The van der Waals surface area contributed by atoms with Crippen LogP contribution in [0.4, 0.5) is 5.82 Å². The zero-order valence-electron chi connectivity index (χ0n) is 14.4. The van der Waals surface area contributed by atoms with Crippen LogP contribution in [0.2, 0.25) is 0 Å². The first-order valence-corrected chi connectivity index (χ1v) is 10.1. The average Bonchev–Trinajstić information content (AvgIpc) is 3.24. The van der Waals surface area contributed by atoms with Gasteiger partial charge in [0.15, 0.2) is 16.8 Å². The first-order chi connectivity index (χ1) is 12.5. The summed E-state index contributed by atoms with van der Waals surface area (Å²) >= 11 is 3.03. The summed E-state index contributed by atoms with van der Waals surface area (Å²) in [7, 11) is 0. The zero-order chi connectivity index (χ0) is 18.3. The van der Waals surface area contributed by atoms with Crippen molar-refractivity contribution in [3.05, 3.63) is 28.2 Å². The molecule has 10 heteroatoms. The highest BCUT2D eigenvalue weighted by Crippen LogP contribution is 2.46. The number of hydrogen-bond acceptors (Lipinski definition) is 9. The van der Waals surface area contributed by atoms with E-state index in [1.807, 2.05) is 0 Å². The molecule has 0 bridgehead atoms. The number of nitrogens with zero attached hydrogens (tertiary/aromatic N) is 3. The average molecular weight is 393 g/mol. The molecule has 138 valence electrons. The van der Waals surface area contributed by atoms with Gasteiger partial charge in [-0.15, -0.1) is 11.3 Å². The summed E-state index contributed by atoms with van der Waals surface area (Å²) in [6.07, 6.45) is 2.42. The van der Waals surface area contributed by atoms with Crippen LogP contribution in [0.3, 0.4) is 0 Å². The number of nitrogens with one attached hydrogen (secondary N) is 1. The van der Waals surface area contributed by atoms with Gasteiger partial charge >= 0.3 is 0 Å². The van der Waals surface area contributed by atoms with Crippen molar-refractivity contribution in [3.63, 3.8) is 0 Å². The van der Waals surface area contributed by atoms with Crippen molar-refractivity contribution >= 4 is 40.0 Å². The fourth-order valence-electron chi connectivity index (χ4n) is 3.26. The first-order valence-electron chi connectivity index (χ1n) is 8.25. The SMILES string of the molecule is Cc1nc(C(=O)Nc2csc(C34COC(C)CC3CSC(N)=N4)n2)co1. The Labute approximate surface area is 158 Å². The van der Waals surface area contributed by atoms with Gasteiger partial charge in [-0.25, -0.2) is 15.0 Å². The number of rotatable bonds is 3. The van der Waals surface area contributed by atoms with Crippen molar-refractivity contribution in [1.82, 2.24) is 9.97 Å². The molecule has 8 nitrogen and oxygen atoms in total. The minimum Gasteiger partial charge on any atom is -0.448 e. The molecular formula is C16H19N5O3S2. The quantitative estimate of drug-likeness (QED) is 0.822. The van der Waals surface area contributed by atoms with Crippen LogP contribution in [0.5, 0.6) is 0 Å². The number of thioether (sulfide) groups is 1. The lowest BCUT2D eigenvalue weighted by Gasteiger charge is -2.44. The molecule has 1 amide bonds. The van der Waals surface area contributed by atoms with E-state index in [1.165, 1.54) is 17.6 Å². The Morgan fingerprint density at radius 2 is 2.31 bits per heavy atom. The lowest BCUT2D eigenvalue weighted by atomic mass is 9.80. The number of hydrogen-bond donors (Lipinski definition) is 2. The molecule has 0 radical (unpaired) electrons. The molecular weight excluding hydrogens is 374 g/mol. The smallest absolute Gasteiger partial charge is 0.278 e. The Morgan fingerprint density at radius 3 is 3.08 bits per heavy atom. The Morgan fingerprint density at radius 1 is 1.46 bits per heavy atom. The summed E-state index contributed by atoms with van der Waals surface area (Å²) in [4.78, 5) is 25.6. The van der Waals surface area contributed by atoms with Gasteiger partial charge in [0.05, 0.1) is 12.7 Å². The molecule has 4 heterocycles. The summed E-state index contributed by atoms with van der Waals surface area (Å²) in [5.74, 6) is 1.74.